The smallest absolute Gasteiger partial charge is 0.151 e. The van der Waals surface area contributed by atoms with Gasteiger partial charge in [-0.2, -0.15) is 5.10 Å². The van der Waals surface area contributed by atoms with Gasteiger partial charge in [-0.05, 0) is 55.1 Å². The zero-order valence-electron chi connectivity index (χ0n) is 18.6. The average Bonchev–Trinajstić information content (AvgIpc) is 3.43. The molecule has 170 valence electrons. The van der Waals surface area contributed by atoms with Crippen LogP contribution in [0.4, 0.5) is 5.82 Å². The maximum atomic E-state index is 9.76. The second-order valence-electron chi connectivity index (χ2n) is 8.60. The summed E-state index contributed by atoms with van der Waals surface area (Å²) in [5.74, 6) is 1.27. The second-order valence-corrected chi connectivity index (χ2v) is 8.60. The summed E-state index contributed by atoms with van der Waals surface area (Å²) in [4.78, 5) is 6.55. The first-order valence-corrected chi connectivity index (χ1v) is 11.5. The summed E-state index contributed by atoms with van der Waals surface area (Å²) >= 11 is 0. The van der Waals surface area contributed by atoms with Crippen LogP contribution in [0.25, 0.3) is 16.6 Å². The molecule has 0 saturated carbocycles. The molecule has 3 N–H and O–H groups in total. The highest BCUT2D eigenvalue weighted by atomic mass is 16.5. The molecule has 1 saturated heterocycles. The number of aromatic nitrogens is 3. The molecule has 1 fully saturated rings. The molecule has 3 heterocycles. The van der Waals surface area contributed by atoms with Crippen molar-refractivity contribution in [2.24, 2.45) is 0 Å². The maximum absolute atomic E-state index is 9.76. The first-order valence-electron chi connectivity index (χ1n) is 11.5. The Kier molecular flexibility index (Phi) is 6.24. The van der Waals surface area contributed by atoms with Crippen LogP contribution in [-0.4, -0.2) is 50.3 Å². The molecule has 1 atom stereocenters. The van der Waals surface area contributed by atoms with Gasteiger partial charge in [0.05, 0.1) is 6.10 Å². The van der Waals surface area contributed by atoms with Gasteiger partial charge in [0, 0.05) is 24.3 Å². The Morgan fingerprint density at radius 2 is 1.97 bits per heavy atom. The van der Waals surface area contributed by atoms with Crippen LogP contribution in [0, 0.1) is 0 Å². The number of ether oxygens (including phenoxy) is 1. The molecule has 7 heteroatoms. The molecule has 0 radical (unpaired) electrons. The van der Waals surface area contributed by atoms with Crippen LogP contribution in [0.2, 0.25) is 0 Å². The van der Waals surface area contributed by atoms with E-state index in [2.05, 4.69) is 39.2 Å². The Labute approximate surface area is 193 Å². The fraction of sp³-hybridized carbons (Fsp3) is 0.308. The van der Waals surface area contributed by atoms with E-state index in [4.69, 9.17) is 10.5 Å². The number of nitrogens with two attached hydrogens (primary N) is 1. The summed E-state index contributed by atoms with van der Waals surface area (Å²) in [5.41, 5.74) is 11.4. The van der Waals surface area contributed by atoms with Crippen molar-refractivity contribution in [2.75, 3.05) is 25.4 Å². The average molecular weight is 444 g/mol. The summed E-state index contributed by atoms with van der Waals surface area (Å²) in [7, 11) is 0. The minimum absolute atomic E-state index is 0.186. The number of hydrogen-bond donors (Lipinski definition) is 2. The topological polar surface area (TPSA) is 88.9 Å². The highest BCUT2D eigenvalue weighted by Gasteiger charge is 2.20. The van der Waals surface area contributed by atoms with Crippen molar-refractivity contribution in [1.82, 2.24) is 19.5 Å². The normalized spacial score (nSPS) is 16.5. The largest absolute Gasteiger partial charge is 0.489 e. The van der Waals surface area contributed by atoms with Gasteiger partial charge in [0.1, 0.15) is 24.2 Å². The number of benzene rings is 2. The van der Waals surface area contributed by atoms with E-state index in [0.29, 0.717) is 12.4 Å². The lowest BCUT2D eigenvalue weighted by Crippen LogP contribution is -2.23. The Balaban J connectivity index is 1.37. The third kappa shape index (κ3) is 4.84. The molecule has 7 nitrogen and oxygen atoms in total. The predicted molar refractivity (Wildman–Crippen MR) is 129 cm³/mol. The summed E-state index contributed by atoms with van der Waals surface area (Å²) in [6.45, 7) is 3.21. The number of rotatable bonds is 8. The van der Waals surface area contributed by atoms with Crippen molar-refractivity contribution in [3.63, 3.8) is 0 Å². The van der Waals surface area contributed by atoms with Crippen molar-refractivity contribution in [3.8, 4) is 16.9 Å². The molecule has 1 aliphatic heterocycles. The van der Waals surface area contributed by atoms with E-state index in [1.54, 1.807) is 0 Å². The van der Waals surface area contributed by atoms with Crippen LogP contribution in [0.5, 0.6) is 5.75 Å². The van der Waals surface area contributed by atoms with Gasteiger partial charge < -0.3 is 20.5 Å². The van der Waals surface area contributed by atoms with Crippen molar-refractivity contribution < 1.29 is 9.84 Å². The number of hydrogen-bond acceptors (Lipinski definition) is 6. The molecule has 5 rings (SSSR count). The minimum Gasteiger partial charge on any atom is -0.489 e. The van der Waals surface area contributed by atoms with E-state index < -0.39 is 0 Å². The molecule has 0 bridgehead atoms. The number of β-amino-alcohol motifs (C(OH)–C–C–N with tert-alkyl or cyclic N) is 1. The van der Waals surface area contributed by atoms with Crippen molar-refractivity contribution >= 4 is 11.3 Å². The van der Waals surface area contributed by atoms with Gasteiger partial charge in [-0.3, -0.25) is 0 Å². The number of fused-ring (bicyclic) bond motifs is 1. The van der Waals surface area contributed by atoms with Gasteiger partial charge >= 0.3 is 0 Å². The maximum Gasteiger partial charge on any atom is 0.151 e. The van der Waals surface area contributed by atoms with E-state index >= 15 is 0 Å². The first kappa shape index (κ1) is 21.4. The highest BCUT2D eigenvalue weighted by Crippen LogP contribution is 2.33. The lowest BCUT2D eigenvalue weighted by Gasteiger charge is -2.14. The quantitative estimate of drug-likeness (QED) is 0.433. The monoisotopic (exact) mass is 443 g/mol. The van der Waals surface area contributed by atoms with Gasteiger partial charge in [-0.25, -0.2) is 9.50 Å². The van der Waals surface area contributed by atoms with Crippen molar-refractivity contribution in [2.45, 2.75) is 32.0 Å². The summed E-state index contributed by atoms with van der Waals surface area (Å²) in [6.07, 6.45) is 4.04. The van der Waals surface area contributed by atoms with Crippen molar-refractivity contribution in [3.05, 3.63) is 78.2 Å². The number of aryl methyl sites for hydroxylation is 1. The van der Waals surface area contributed by atoms with Gasteiger partial charge in [-0.15, -0.1) is 0 Å². The Hall–Kier alpha value is -3.42. The van der Waals surface area contributed by atoms with Crippen LogP contribution in [-0.2, 0) is 13.0 Å². The van der Waals surface area contributed by atoms with Crippen molar-refractivity contribution in [1.29, 1.82) is 0 Å². The summed E-state index contributed by atoms with van der Waals surface area (Å²) in [6, 6.07) is 20.4. The third-order valence-electron chi connectivity index (χ3n) is 6.20. The number of aliphatic hydroxyl groups is 1. The molecule has 0 spiro atoms. The molecule has 2 aromatic carbocycles. The molecule has 0 amide bonds. The fourth-order valence-electron chi connectivity index (χ4n) is 4.52. The molecular weight excluding hydrogens is 414 g/mol. The summed E-state index contributed by atoms with van der Waals surface area (Å²) < 4.78 is 7.95. The zero-order valence-corrected chi connectivity index (χ0v) is 18.6. The number of nitrogen functional groups attached to an aromatic ring is 1. The Morgan fingerprint density at radius 1 is 1.09 bits per heavy atom. The van der Waals surface area contributed by atoms with Gasteiger partial charge in [0.25, 0.3) is 0 Å². The SMILES string of the molecule is Nc1ncnn2c(CCCN3CCC(O)C3)cc(-c3cccc(OCc4ccccc4)c3)c12. The number of aliphatic hydroxyl groups excluding tert-OH is 1. The fourth-order valence-corrected chi connectivity index (χ4v) is 4.52. The molecule has 1 aliphatic rings. The number of anilines is 1. The lowest BCUT2D eigenvalue weighted by molar-refractivity contribution is 0.176. The van der Waals surface area contributed by atoms with E-state index in [1.165, 1.54) is 6.33 Å². The van der Waals surface area contributed by atoms with Crippen LogP contribution in [0.15, 0.2) is 67.0 Å². The van der Waals surface area contributed by atoms with E-state index in [-0.39, 0.29) is 6.10 Å². The first-order chi connectivity index (χ1) is 16.2. The molecule has 2 aromatic heterocycles. The second kappa shape index (κ2) is 9.60. The van der Waals surface area contributed by atoms with E-state index in [9.17, 15) is 5.11 Å². The molecular formula is C26H29N5O2. The summed E-state index contributed by atoms with van der Waals surface area (Å²) in [5, 5.41) is 14.2. The Morgan fingerprint density at radius 3 is 2.79 bits per heavy atom. The molecule has 0 aliphatic carbocycles. The predicted octanol–water partition coefficient (Wildman–Crippen LogP) is 3.56. The highest BCUT2D eigenvalue weighted by molar-refractivity contribution is 5.88. The Bertz CT molecular complexity index is 1220. The van der Waals surface area contributed by atoms with Gasteiger partial charge in [0.2, 0.25) is 0 Å². The van der Waals surface area contributed by atoms with Crippen LogP contribution in [0.3, 0.4) is 0 Å². The van der Waals surface area contributed by atoms with Crippen LogP contribution >= 0.6 is 0 Å². The minimum atomic E-state index is -0.186. The molecule has 1 unspecified atom stereocenters. The molecule has 33 heavy (non-hydrogen) atoms. The van der Waals surface area contributed by atoms with Crippen LogP contribution < -0.4 is 10.5 Å². The number of likely N-dealkylation sites (tertiary alicyclic amines) is 1. The van der Waals surface area contributed by atoms with Gasteiger partial charge in [-0.1, -0.05) is 42.5 Å². The third-order valence-corrected chi connectivity index (χ3v) is 6.20. The molecule has 4 aromatic rings. The van der Waals surface area contributed by atoms with Crippen LogP contribution in [0.1, 0.15) is 24.1 Å². The standard InChI is InChI=1S/C26H29N5O2/c27-26-25-24(20-8-4-10-23(14-20)33-17-19-6-2-1-3-7-19)15-21(31(25)29-18-28-26)9-5-12-30-13-11-22(32)16-30/h1-4,6-8,10,14-15,18,22,32H,5,9,11-13,16-17H2,(H2,27,28,29). The van der Waals surface area contributed by atoms with Gasteiger partial charge in [0.15, 0.2) is 5.82 Å². The van der Waals surface area contributed by atoms with E-state index in [0.717, 1.165) is 72.5 Å². The number of nitrogens with zero attached hydrogens (tertiary/aromatic N) is 4. The van der Waals surface area contributed by atoms with E-state index in [1.807, 2.05) is 40.9 Å². The lowest BCUT2D eigenvalue weighted by atomic mass is 10.1. The zero-order chi connectivity index (χ0) is 22.6.